The zero-order valence-electron chi connectivity index (χ0n) is 15.2. The van der Waals surface area contributed by atoms with Gasteiger partial charge in [0.1, 0.15) is 0 Å². The number of rotatable bonds is 8. The molecule has 1 N–H and O–H groups in total. The molecule has 0 radical (unpaired) electrons. The van der Waals surface area contributed by atoms with Gasteiger partial charge in [-0.25, -0.2) is 8.42 Å². The smallest absolute Gasteiger partial charge is 0.232 e. The monoisotopic (exact) mass is 368 g/mol. The average Bonchev–Trinajstić information content (AvgIpc) is 3.04. The van der Waals surface area contributed by atoms with Crippen LogP contribution in [0.2, 0.25) is 0 Å². The quantitative estimate of drug-likeness (QED) is 0.763. The molecule has 0 saturated carbocycles. The molecule has 1 amide bonds. The molecule has 6 nitrogen and oxygen atoms in total. The number of carbonyl (C=O) groups excluding carboxylic acids is 1. The van der Waals surface area contributed by atoms with Gasteiger partial charge in [0, 0.05) is 26.1 Å². The predicted molar refractivity (Wildman–Crippen MR) is 99.3 cm³/mol. The van der Waals surface area contributed by atoms with Crippen LogP contribution in [-0.4, -0.2) is 46.4 Å². The van der Waals surface area contributed by atoms with E-state index in [2.05, 4.69) is 5.32 Å². The second kappa shape index (κ2) is 8.67. The van der Waals surface area contributed by atoms with Crippen LogP contribution < -0.4 is 9.62 Å². The first kappa shape index (κ1) is 19.7. The fourth-order valence-electron chi connectivity index (χ4n) is 2.96. The number of nitrogens with one attached hydrogen (secondary N) is 1. The molecular weight excluding hydrogens is 340 g/mol. The third kappa shape index (κ3) is 6.01. The van der Waals surface area contributed by atoms with Crippen molar-refractivity contribution in [1.29, 1.82) is 0 Å². The van der Waals surface area contributed by atoms with Crippen LogP contribution in [0.3, 0.4) is 0 Å². The molecule has 1 aromatic rings. The van der Waals surface area contributed by atoms with Crippen molar-refractivity contribution < 1.29 is 17.9 Å². The van der Waals surface area contributed by atoms with E-state index in [0.29, 0.717) is 25.1 Å². The Kier molecular flexibility index (Phi) is 6.84. The zero-order valence-corrected chi connectivity index (χ0v) is 16.1. The number of sulfonamides is 1. The molecule has 0 aliphatic carbocycles. The number of amides is 1. The summed E-state index contributed by atoms with van der Waals surface area (Å²) in [5.74, 6) is -0.0649. The van der Waals surface area contributed by atoms with E-state index in [1.165, 1.54) is 10.6 Å². The third-order valence-electron chi connectivity index (χ3n) is 4.35. The minimum atomic E-state index is -3.40. The van der Waals surface area contributed by atoms with Crippen molar-refractivity contribution in [1.82, 2.24) is 5.32 Å². The standard InChI is InChI=1S/C18H28N2O4S/c1-14-8-9-15(2)17(12-14)20(25(3,22)23)10-4-7-18(21)19-13-16-6-5-11-24-16/h8-9,12,16H,4-7,10-11,13H2,1-3H3,(H,19,21). The molecule has 0 aromatic heterocycles. The first-order chi connectivity index (χ1) is 11.8. The van der Waals surface area contributed by atoms with Crippen LogP contribution in [0, 0.1) is 13.8 Å². The lowest BCUT2D eigenvalue weighted by atomic mass is 10.1. The normalized spacial score (nSPS) is 17.5. The maximum atomic E-state index is 12.2. The Labute approximate surface area is 150 Å². The Balaban J connectivity index is 1.90. The summed E-state index contributed by atoms with van der Waals surface area (Å²) in [6.07, 6.45) is 4.11. The van der Waals surface area contributed by atoms with E-state index in [9.17, 15) is 13.2 Å². The molecule has 1 fully saturated rings. The lowest BCUT2D eigenvalue weighted by Crippen LogP contribution is -2.34. The summed E-state index contributed by atoms with van der Waals surface area (Å²) >= 11 is 0. The van der Waals surface area contributed by atoms with Gasteiger partial charge in [0.2, 0.25) is 15.9 Å². The highest BCUT2D eigenvalue weighted by Gasteiger charge is 2.20. The largest absolute Gasteiger partial charge is 0.376 e. The van der Waals surface area contributed by atoms with E-state index in [1.807, 2.05) is 32.0 Å². The van der Waals surface area contributed by atoms with Crippen molar-refractivity contribution in [3.63, 3.8) is 0 Å². The summed E-state index contributed by atoms with van der Waals surface area (Å²) in [5, 5.41) is 2.87. The molecule has 140 valence electrons. The molecular formula is C18H28N2O4S. The van der Waals surface area contributed by atoms with Crippen LogP contribution in [0.25, 0.3) is 0 Å². The number of hydrogen-bond acceptors (Lipinski definition) is 4. The maximum Gasteiger partial charge on any atom is 0.232 e. The Morgan fingerprint density at radius 2 is 2.12 bits per heavy atom. The van der Waals surface area contributed by atoms with Gasteiger partial charge in [0.25, 0.3) is 0 Å². The van der Waals surface area contributed by atoms with Crippen molar-refractivity contribution in [2.75, 3.05) is 30.3 Å². The lowest BCUT2D eigenvalue weighted by molar-refractivity contribution is -0.121. The van der Waals surface area contributed by atoms with E-state index in [-0.39, 0.29) is 18.6 Å². The van der Waals surface area contributed by atoms with E-state index in [0.717, 1.165) is 30.6 Å². The Morgan fingerprint density at radius 1 is 1.36 bits per heavy atom. The molecule has 1 atom stereocenters. The number of benzene rings is 1. The van der Waals surface area contributed by atoms with Gasteiger partial charge in [0.05, 0.1) is 18.0 Å². The molecule has 1 aliphatic rings. The fraction of sp³-hybridized carbons (Fsp3) is 0.611. The number of ether oxygens (including phenoxy) is 1. The van der Waals surface area contributed by atoms with Crippen LogP contribution in [0.4, 0.5) is 5.69 Å². The summed E-state index contributed by atoms with van der Waals surface area (Å²) in [7, 11) is -3.40. The van der Waals surface area contributed by atoms with Crippen molar-refractivity contribution in [2.45, 2.75) is 45.6 Å². The summed E-state index contributed by atoms with van der Waals surface area (Å²) in [6, 6.07) is 5.74. The Bertz CT molecular complexity index is 697. The number of anilines is 1. The van der Waals surface area contributed by atoms with Crippen molar-refractivity contribution in [2.24, 2.45) is 0 Å². The van der Waals surface area contributed by atoms with E-state index in [1.54, 1.807) is 0 Å². The second-order valence-electron chi connectivity index (χ2n) is 6.67. The molecule has 1 aliphatic heterocycles. The van der Waals surface area contributed by atoms with Gasteiger partial charge >= 0.3 is 0 Å². The van der Waals surface area contributed by atoms with Gasteiger partial charge in [0.15, 0.2) is 0 Å². The highest BCUT2D eigenvalue weighted by atomic mass is 32.2. The van der Waals surface area contributed by atoms with Crippen LogP contribution >= 0.6 is 0 Å². The van der Waals surface area contributed by atoms with E-state index in [4.69, 9.17) is 4.74 Å². The average molecular weight is 368 g/mol. The van der Waals surface area contributed by atoms with Gasteiger partial charge in [-0.1, -0.05) is 12.1 Å². The SMILES string of the molecule is Cc1ccc(C)c(N(CCCC(=O)NCC2CCCO2)S(C)(=O)=O)c1. The molecule has 1 heterocycles. The maximum absolute atomic E-state index is 12.2. The minimum absolute atomic E-state index is 0.0649. The Morgan fingerprint density at radius 3 is 2.76 bits per heavy atom. The summed E-state index contributed by atoms with van der Waals surface area (Å²) in [6.45, 7) is 5.41. The first-order valence-corrected chi connectivity index (χ1v) is 10.6. The number of aryl methyl sites for hydroxylation is 2. The van der Waals surface area contributed by atoms with Crippen LogP contribution in [0.5, 0.6) is 0 Å². The van der Waals surface area contributed by atoms with E-state index < -0.39 is 10.0 Å². The topological polar surface area (TPSA) is 75.7 Å². The molecule has 25 heavy (non-hydrogen) atoms. The molecule has 1 saturated heterocycles. The number of carbonyl (C=O) groups is 1. The van der Waals surface area contributed by atoms with Crippen LogP contribution in [0.1, 0.15) is 36.8 Å². The molecule has 2 rings (SSSR count). The van der Waals surface area contributed by atoms with E-state index >= 15 is 0 Å². The fourth-order valence-corrected chi connectivity index (χ4v) is 3.97. The van der Waals surface area contributed by atoms with Gasteiger partial charge in [-0.15, -0.1) is 0 Å². The summed E-state index contributed by atoms with van der Waals surface area (Å²) in [5.41, 5.74) is 2.59. The molecule has 0 spiro atoms. The summed E-state index contributed by atoms with van der Waals surface area (Å²) in [4.78, 5) is 12.0. The van der Waals surface area contributed by atoms with Crippen LogP contribution in [0.15, 0.2) is 18.2 Å². The molecule has 7 heteroatoms. The molecule has 0 bridgehead atoms. The first-order valence-electron chi connectivity index (χ1n) is 8.70. The van der Waals surface area contributed by atoms with Crippen molar-refractivity contribution in [3.05, 3.63) is 29.3 Å². The highest BCUT2D eigenvalue weighted by molar-refractivity contribution is 7.92. The number of hydrogen-bond donors (Lipinski definition) is 1. The molecule has 1 aromatic carbocycles. The van der Waals surface area contributed by atoms with Crippen molar-refractivity contribution >= 4 is 21.6 Å². The van der Waals surface area contributed by atoms with Crippen LogP contribution in [-0.2, 0) is 19.6 Å². The zero-order chi connectivity index (χ0) is 18.4. The predicted octanol–water partition coefficient (Wildman–Crippen LogP) is 2.14. The van der Waals surface area contributed by atoms with Gasteiger partial charge in [-0.3, -0.25) is 9.10 Å². The number of nitrogens with zero attached hydrogens (tertiary/aromatic N) is 1. The van der Waals surface area contributed by atoms with Crippen molar-refractivity contribution in [3.8, 4) is 0 Å². The van der Waals surface area contributed by atoms with Gasteiger partial charge in [-0.2, -0.15) is 0 Å². The highest BCUT2D eigenvalue weighted by Crippen LogP contribution is 2.24. The van der Waals surface area contributed by atoms with Gasteiger partial charge in [-0.05, 0) is 50.3 Å². The Hall–Kier alpha value is -1.60. The summed E-state index contributed by atoms with van der Waals surface area (Å²) < 4.78 is 31.2. The third-order valence-corrected chi connectivity index (χ3v) is 5.53. The lowest BCUT2D eigenvalue weighted by Gasteiger charge is -2.24. The molecule has 1 unspecified atom stereocenters. The van der Waals surface area contributed by atoms with Gasteiger partial charge < -0.3 is 10.1 Å². The second-order valence-corrected chi connectivity index (χ2v) is 8.57. The minimum Gasteiger partial charge on any atom is -0.376 e.